The van der Waals surface area contributed by atoms with Crippen LogP contribution in [0.1, 0.15) is 51.0 Å². The summed E-state index contributed by atoms with van der Waals surface area (Å²) in [6.45, 7) is 6.65. The lowest BCUT2D eigenvalue weighted by atomic mass is 9.57. The summed E-state index contributed by atoms with van der Waals surface area (Å²) in [5, 5.41) is 6.27. The van der Waals surface area contributed by atoms with Crippen molar-refractivity contribution in [1.82, 2.24) is 4.90 Å². The molecule has 2 saturated heterocycles. The Balaban J connectivity index is 1.60. The molecule has 0 bridgehead atoms. The van der Waals surface area contributed by atoms with Crippen LogP contribution in [-0.4, -0.2) is 35.1 Å². The summed E-state index contributed by atoms with van der Waals surface area (Å²) in [5.74, 6) is -1.27. The molecule has 4 aliphatic rings. The van der Waals surface area contributed by atoms with E-state index in [4.69, 9.17) is 0 Å². The smallest absolute Gasteiger partial charge is 0.251 e. The molecule has 2 spiro atoms. The van der Waals surface area contributed by atoms with Crippen molar-refractivity contribution in [2.24, 2.45) is 5.92 Å². The second-order valence-corrected chi connectivity index (χ2v) is 11.1. The zero-order valence-electron chi connectivity index (χ0n) is 21.2. The Morgan fingerprint density at radius 3 is 2.43 bits per heavy atom. The normalized spacial score (nSPS) is 29.4. The minimum atomic E-state index is -1.40. The van der Waals surface area contributed by atoms with Gasteiger partial charge in [-0.2, -0.15) is 0 Å². The first kappa shape index (κ1) is 22.4. The van der Waals surface area contributed by atoms with Crippen LogP contribution in [-0.2, 0) is 20.5 Å². The number of hydrogen-bond acceptors (Lipinski definition) is 4. The molecule has 37 heavy (non-hydrogen) atoms. The van der Waals surface area contributed by atoms with Crippen LogP contribution in [0.4, 0.5) is 11.4 Å². The van der Waals surface area contributed by atoms with Crippen LogP contribution in [0.25, 0.3) is 0 Å². The number of aryl methyl sites for hydroxylation is 3. The van der Waals surface area contributed by atoms with Gasteiger partial charge in [0.2, 0.25) is 5.91 Å². The molecule has 0 aliphatic carbocycles. The molecule has 2 N–H and O–H groups in total. The Morgan fingerprint density at radius 2 is 1.65 bits per heavy atom. The molecule has 0 aromatic heterocycles. The van der Waals surface area contributed by atoms with E-state index >= 15 is 0 Å². The van der Waals surface area contributed by atoms with E-state index in [1.807, 2.05) is 75.4 Å². The molecule has 4 atom stereocenters. The Kier molecular flexibility index (Phi) is 4.48. The molecule has 3 aromatic carbocycles. The van der Waals surface area contributed by atoms with Gasteiger partial charge in [0, 0.05) is 28.5 Å². The quantitative estimate of drug-likeness (QED) is 0.513. The zero-order chi connectivity index (χ0) is 25.7. The van der Waals surface area contributed by atoms with Crippen LogP contribution in [0.2, 0.25) is 0 Å². The van der Waals surface area contributed by atoms with E-state index in [0.717, 1.165) is 46.3 Å². The number of nitrogens with one attached hydrogen (secondary N) is 2. The van der Waals surface area contributed by atoms with Crippen LogP contribution in [0, 0.1) is 26.7 Å². The van der Waals surface area contributed by atoms with Gasteiger partial charge >= 0.3 is 0 Å². The fourth-order valence-electron chi connectivity index (χ4n) is 7.93. The molecule has 2 amide bonds. The van der Waals surface area contributed by atoms with Crippen molar-refractivity contribution in [1.29, 1.82) is 0 Å². The lowest BCUT2D eigenvalue weighted by Crippen LogP contribution is -2.62. The third-order valence-electron chi connectivity index (χ3n) is 9.17. The van der Waals surface area contributed by atoms with Crippen molar-refractivity contribution in [2.45, 2.75) is 50.6 Å². The standard InChI is InChI=1S/C31H29N3O3/c1-17-10-12-20(13-11-17)27(35)25-24-9-6-14-34(24)31(22-16-18(2)15-19(3)26(22)33-29(31)37)30(25)21-7-4-5-8-23(21)32-28(30)36/h4-5,7-8,10-13,15-16,24-25H,6,9,14H2,1-3H3,(H,32,36)(H,33,37)/t24-,25+,30-,31-/m0/s1. The Bertz CT molecular complexity index is 1530. The lowest BCUT2D eigenvalue weighted by Gasteiger charge is -2.43. The van der Waals surface area contributed by atoms with Crippen molar-refractivity contribution in [3.05, 3.63) is 94.0 Å². The van der Waals surface area contributed by atoms with Gasteiger partial charge in [0.1, 0.15) is 11.0 Å². The third kappa shape index (κ3) is 2.51. The summed E-state index contributed by atoms with van der Waals surface area (Å²) >= 11 is 0. The van der Waals surface area contributed by atoms with Crippen molar-refractivity contribution in [3.63, 3.8) is 0 Å². The largest absolute Gasteiger partial charge is 0.325 e. The molecule has 0 radical (unpaired) electrons. The van der Waals surface area contributed by atoms with Crippen LogP contribution >= 0.6 is 0 Å². The number of carbonyl (C=O) groups excluding carboxylic acids is 3. The molecular formula is C31H29N3O3. The van der Waals surface area contributed by atoms with Gasteiger partial charge in [-0.3, -0.25) is 19.3 Å². The summed E-state index contributed by atoms with van der Waals surface area (Å²) < 4.78 is 0. The first-order valence-corrected chi connectivity index (χ1v) is 13.0. The number of fused-ring (bicyclic) bond motifs is 7. The fourth-order valence-corrected chi connectivity index (χ4v) is 7.93. The van der Waals surface area contributed by atoms with E-state index in [9.17, 15) is 14.4 Å². The highest BCUT2D eigenvalue weighted by Gasteiger charge is 2.81. The minimum Gasteiger partial charge on any atom is -0.325 e. The molecule has 186 valence electrons. The number of Topliss-reactive ketones (excluding diaryl/α,β-unsaturated/α-hetero) is 1. The van der Waals surface area contributed by atoms with Gasteiger partial charge in [-0.25, -0.2) is 0 Å². The molecule has 7 rings (SSSR count). The summed E-state index contributed by atoms with van der Waals surface area (Å²) in [4.78, 5) is 45.8. The molecule has 4 aliphatic heterocycles. The number of amides is 2. The maximum Gasteiger partial charge on any atom is 0.251 e. The van der Waals surface area contributed by atoms with Crippen molar-refractivity contribution >= 4 is 29.0 Å². The molecule has 0 saturated carbocycles. The van der Waals surface area contributed by atoms with E-state index < -0.39 is 16.9 Å². The van der Waals surface area contributed by atoms with E-state index in [2.05, 4.69) is 21.6 Å². The summed E-state index contributed by atoms with van der Waals surface area (Å²) in [7, 11) is 0. The molecule has 0 unspecified atom stereocenters. The Morgan fingerprint density at radius 1 is 0.892 bits per heavy atom. The highest BCUT2D eigenvalue weighted by molar-refractivity contribution is 6.21. The van der Waals surface area contributed by atoms with E-state index in [0.29, 0.717) is 17.8 Å². The molecule has 3 aromatic rings. The predicted octanol–water partition coefficient (Wildman–Crippen LogP) is 4.63. The second-order valence-electron chi connectivity index (χ2n) is 11.1. The number of ketones is 1. The molecule has 6 nitrogen and oxygen atoms in total. The summed E-state index contributed by atoms with van der Waals surface area (Å²) in [6, 6.07) is 19.0. The van der Waals surface area contributed by atoms with Gasteiger partial charge in [0.25, 0.3) is 5.91 Å². The van der Waals surface area contributed by atoms with E-state index in [1.54, 1.807) is 0 Å². The van der Waals surface area contributed by atoms with Crippen LogP contribution in [0.5, 0.6) is 0 Å². The lowest BCUT2D eigenvalue weighted by molar-refractivity contribution is -0.137. The average molecular weight is 492 g/mol. The van der Waals surface area contributed by atoms with Crippen molar-refractivity contribution in [2.75, 3.05) is 17.2 Å². The fraction of sp³-hybridized carbons (Fsp3) is 0.323. The number of carbonyl (C=O) groups is 3. The number of benzene rings is 3. The molecular weight excluding hydrogens is 462 g/mol. The van der Waals surface area contributed by atoms with E-state index in [1.165, 1.54) is 0 Å². The topological polar surface area (TPSA) is 78.5 Å². The molecule has 2 fully saturated rings. The summed E-state index contributed by atoms with van der Waals surface area (Å²) in [5.41, 5.74) is 3.92. The number of nitrogens with zero attached hydrogens (tertiary/aromatic N) is 1. The predicted molar refractivity (Wildman–Crippen MR) is 142 cm³/mol. The second kappa shape index (κ2) is 7.39. The van der Waals surface area contributed by atoms with E-state index in [-0.39, 0.29) is 23.6 Å². The van der Waals surface area contributed by atoms with Crippen LogP contribution < -0.4 is 10.6 Å². The van der Waals surface area contributed by atoms with Gasteiger partial charge in [0.05, 0.1) is 5.92 Å². The molecule has 6 heteroatoms. The number of rotatable bonds is 2. The number of anilines is 2. The van der Waals surface area contributed by atoms with Crippen molar-refractivity contribution in [3.8, 4) is 0 Å². The number of para-hydroxylation sites is 1. The highest BCUT2D eigenvalue weighted by Crippen LogP contribution is 2.68. The Hall–Kier alpha value is -3.77. The van der Waals surface area contributed by atoms with Crippen molar-refractivity contribution < 1.29 is 14.4 Å². The minimum absolute atomic E-state index is 0.0775. The number of hydrogen-bond donors (Lipinski definition) is 2. The zero-order valence-corrected chi connectivity index (χ0v) is 21.2. The summed E-state index contributed by atoms with van der Waals surface area (Å²) in [6.07, 6.45) is 1.63. The van der Waals surface area contributed by atoms with Gasteiger partial charge < -0.3 is 10.6 Å². The van der Waals surface area contributed by atoms with Gasteiger partial charge in [0.15, 0.2) is 5.78 Å². The first-order chi connectivity index (χ1) is 17.8. The highest BCUT2D eigenvalue weighted by atomic mass is 16.2. The van der Waals surface area contributed by atoms with Gasteiger partial charge in [-0.1, -0.05) is 65.7 Å². The van der Waals surface area contributed by atoms with Crippen LogP contribution in [0.15, 0.2) is 60.7 Å². The SMILES string of the molecule is Cc1ccc(C(=O)[C@H]2[C@@H]3CCCN3[C@@]3(C(=O)Nc4c(C)cc(C)cc43)[C@]23C(=O)Nc2ccccc23)cc1. The first-order valence-electron chi connectivity index (χ1n) is 13.0. The molecule has 4 heterocycles. The van der Waals surface area contributed by atoms with Gasteiger partial charge in [-0.15, -0.1) is 0 Å². The monoisotopic (exact) mass is 491 g/mol. The average Bonchev–Trinajstić information content (AvgIpc) is 3.59. The third-order valence-corrected chi connectivity index (χ3v) is 9.17. The maximum atomic E-state index is 14.6. The van der Waals surface area contributed by atoms with Crippen LogP contribution in [0.3, 0.4) is 0 Å². The van der Waals surface area contributed by atoms with Gasteiger partial charge in [-0.05, 0) is 57.4 Å². The Labute approximate surface area is 216 Å². The maximum absolute atomic E-state index is 14.6.